The maximum Gasteiger partial charge on any atom is 0.0546 e. The second kappa shape index (κ2) is 19.8. The van der Waals surface area contributed by atoms with Gasteiger partial charge in [0.05, 0.1) is 11.4 Å². The van der Waals surface area contributed by atoms with Gasteiger partial charge in [0, 0.05) is 44.3 Å². The van der Waals surface area contributed by atoms with Crippen molar-refractivity contribution in [3.63, 3.8) is 0 Å². The average Bonchev–Trinajstić information content (AvgIpc) is 3.38. The lowest BCUT2D eigenvalue weighted by Gasteiger charge is -2.31. The van der Waals surface area contributed by atoms with Crippen molar-refractivity contribution in [1.82, 2.24) is 0 Å². The molecule has 0 saturated heterocycles. The van der Waals surface area contributed by atoms with Crippen molar-refractivity contribution in [2.24, 2.45) is 0 Å². The van der Waals surface area contributed by atoms with Gasteiger partial charge in [-0.3, -0.25) is 0 Å². The summed E-state index contributed by atoms with van der Waals surface area (Å²) in [4.78, 5) is 5.02. The number of rotatable bonds is 14. The van der Waals surface area contributed by atoms with E-state index in [1.54, 1.807) is 0 Å². The second-order valence-electron chi connectivity index (χ2n) is 22.5. The van der Waals surface area contributed by atoms with Crippen LogP contribution in [-0.4, -0.2) is 0 Å². The van der Waals surface area contributed by atoms with Crippen LogP contribution in [0.4, 0.5) is 34.1 Å². The standard InChI is InChI=1S/C70H72N2/c1-11-13-15-49-21-37-57(38-22-49)71(55-33-17-47(3)18-34-55)65-45-63(51-25-29-53(30-26-51)69(5,6)7)59-42-44-62-66(72(56-35-19-48(4)20-36-56)58-39-23-50(24-40-58)16-14-12-2)46-64(60-41-43-61(65)67(59)68(60)62)52-27-31-54(32-28-52)70(8,9)10/h17-46H,11-16H2,1-10H3. The fraction of sp³-hybridized carbons (Fsp3) is 0.257. The highest BCUT2D eigenvalue weighted by Crippen LogP contribution is 2.52. The zero-order chi connectivity index (χ0) is 50.3. The Bertz CT molecular complexity index is 3220. The minimum atomic E-state index is 0.0366. The van der Waals surface area contributed by atoms with Gasteiger partial charge in [0.25, 0.3) is 0 Å². The molecule has 0 aliphatic carbocycles. The molecule has 2 heteroatoms. The lowest BCUT2D eigenvalue weighted by atomic mass is 9.83. The third-order valence-corrected chi connectivity index (χ3v) is 15.1. The summed E-state index contributed by atoms with van der Waals surface area (Å²) in [5, 5.41) is 7.51. The predicted octanol–water partition coefficient (Wildman–Crippen LogP) is 20.8. The molecule has 2 nitrogen and oxygen atoms in total. The highest BCUT2D eigenvalue weighted by atomic mass is 15.1. The van der Waals surface area contributed by atoms with E-state index in [4.69, 9.17) is 0 Å². The average molecular weight is 941 g/mol. The second-order valence-corrected chi connectivity index (χ2v) is 22.5. The van der Waals surface area contributed by atoms with E-state index in [9.17, 15) is 0 Å². The van der Waals surface area contributed by atoms with Crippen molar-refractivity contribution in [2.75, 3.05) is 9.80 Å². The van der Waals surface area contributed by atoms with E-state index in [1.165, 1.54) is 114 Å². The third kappa shape index (κ3) is 9.52. The van der Waals surface area contributed by atoms with Crippen molar-refractivity contribution in [3.8, 4) is 22.3 Å². The zero-order valence-corrected chi connectivity index (χ0v) is 44.5. The van der Waals surface area contributed by atoms with E-state index in [-0.39, 0.29) is 10.8 Å². The maximum atomic E-state index is 2.51. The first-order valence-electron chi connectivity index (χ1n) is 26.6. The fourth-order valence-electron chi connectivity index (χ4n) is 10.7. The Morgan fingerprint density at radius 2 is 0.653 bits per heavy atom. The molecule has 0 atom stereocenters. The third-order valence-electron chi connectivity index (χ3n) is 15.1. The SMILES string of the molecule is CCCCc1ccc(N(c2ccc(C)cc2)c2cc(-c3ccc(C(C)(C)C)cc3)c3ccc4c(N(c5ccc(C)cc5)c5ccc(CCCC)cc5)cc(-c5ccc(C(C)(C)C)cc5)c5ccc2c3c54)cc1. The van der Waals surface area contributed by atoms with Crippen LogP contribution >= 0.6 is 0 Å². The van der Waals surface area contributed by atoms with Crippen molar-refractivity contribution in [1.29, 1.82) is 0 Å². The molecule has 0 bridgehead atoms. The van der Waals surface area contributed by atoms with Gasteiger partial charge in [0.2, 0.25) is 0 Å². The van der Waals surface area contributed by atoms with Gasteiger partial charge in [0.1, 0.15) is 0 Å². The van der Waals surface area contributed by atoms with Crippen molar-refractivity contribution in [2.45, 2.75) is 119 Å². The van der Waals surface area contributed by atoms with Crippen LogP contribution in [0.15, 0.2) is 182 Å². The van der Waals surface area contributed by atoms with Crippen LogP contribution in [0.2, 0.25) is 0 Å². The summed E-state index contributed by atoms with van der Waals surface area (Å²) in [5.74, 6) is 0. The van der Waals surface area contributed by atoms with Crippen LogP contribution in [0.25, 0.3) is 54.6 Å². The smallest absolute Gasteiger partial charge is 0.0546 e. The molecule has 0 aliphatic heterocycles. The van der Waals surface area contributed by atoms with Crippen molar-refractivity contribution in [3.05, 3.63) is 215 Å². The number of anilines is 6. The van der Waals surface area contributed by atoms with E-state index in [2.05, 4.69) is 261 Å². The molecule has 0 fully saturated rings. The number of benzene rings is 10. The molecule has 0 heterocycles. The Labute approximate surface area is 430 Å². The number of hydrogen-bond acceptors (Lipinski definition) is 2. The Kier molecular flexibility index (Phi) is 13.3. The Morgan fingerprint density at radius 1 is 0.347 bits per heavy atom. The van der Waals surface area contributed by atoms with Gasteiger partial charge < -0.3 is 9.80 Å². The Morgan fingerprint density at radius 3 is 0.958 bits per heavy atom. The van der Waals surface area contributed by atoms with Gasteiger partial charge in [-0.1, -0.05) is 201 Å². The summed E-state index contributed by atoms with van der Waals surface area (Å²) in [5.41, 5.74) is 19.8. The van der Waals surface area contributed by atoms with Crippen LogP contribution in [0.3, 0.4) is 0 Å². The van der Waals surface area contributed by atoms with E-state index in [0.29, 0.717) is 0 Å². The van der Waals surface area contributed by atoms with E-state index >= 15 is 0 Å². The lowest BCUT2D eigenvalue weighted by molar-refractivity contribution is 0.590. The molecule has 0 N–H and O–H groups in total. The summed E-state index contributed by atoms with van der Waals surface area (Å²) >= 11 is 0. The first-order chi connectivity index (χ1) is 34.7. The molecule has 0 aromatic heterocycles. The number of unbranched alkanes of at least 4 members (excludes halogenated alkanes) is 2. The Balaban J connectivity index is 1.33. The van der Waals surface area contributed by atoms with E-state index < -0.39 is 0 Å². The molecule has 10 rings (SSSR count). The minimum Gasteiger partial charge on any atom is -0.310 e. The van der Waals surface area contributed by atoms with Gasteiger partial charge in [-0.2, -0.15) is 0 Å². The summed E-state index contributed by atoms with van der Waals surface area (Å²) < 4.78 is 0. The molecular weight excluding hydrogens is 869 g/mol. The monoisotopic (exact) mass is 941 g/mol. The van der Waals surface area contributed by atoms with Gasteiger partial charge in [-0.05, 0) is 166 Å². The first-order valence-corrected chi connectivity index (χ1v) is 26.6. The molecule has 10 aromatic rings. The summed E-state index contributed by atoms with van der Waals surface area (Å²) in [6.45, 7) is 22.7. The quantitative estimate of drug-likeness (QED) is 0.100. The number of aryl methyl sites for hydroxylation is 4. The fourth-order valence-corrected chi connectivity index (χ4v) is 10.7. The minimum absolute atomic E-state index is 0.0366. The summed E-state index contributed by atoms with van der Waals surface area (Å²) in [6, 6.07) is 70.3. The van der Waals surface area contributed by atoms with E-state index in [0.717, 1.165) is 47.0 Å². The lowest BCUT2D eigenvalue weighted by Crippen LogP contribution is -2.12. The highest BCUT2D eigenvalue weighted by molar-refractivity contribution is 6.32. The first kappa shape index (κ1) is 48.5. The van der Waals surface area contributed by atoms with Gasteiger partial charge in [-0.15, -0.1) is 0 Å². The molecule has 0 aliphatic rings. The van der Waals surface area contributed by atoms with Crippen LogP contribution in [0, 0.1) is 13.8 Å². The van der Waals surface area contributed by atoms with Gasteiger partial charge in [-0.25, -0.2) is 0 Å². The van der Waals surface area contributed by atoms with E-state index in [1.807, 2.05) is 0 Å². The molecule has 0 unspecified atom stereocenters. The molecule has 0 saturated carbocycles. The molecule has 0 amide bonds. The Hall–Kier alpha value is -7.16. The predicted molar refractivity (Wildman–Crippen MR) is 314 cm³/mol. The van der Waals surface area contributed by atoms with Gasteiger partial charge >= 0.3 is 0 Å². The maximum absolute atomic E-state index is 2.51. The summed E-state index contributed by atoms with van der Waals surface area (Å²) in [6.07, 6.45) is 6.90. The number of hydrogen-bond donors (Lipinski definition) is 0. The van der Waals surface area contributed by atoms with Gasteiger partial charge in [0.15, 0.2) is 0 Å². The van der Waals surface area contributed by atoms with Crippen LogP contribution in [-0.2, 0) is 23.7 Å². The molecular formula is C70H72N2. The summed E-state index contributed by atoms with van der Waals surface area (Å²) in [7, 11) is 0. The molecule has 0 spiro atoms. The van der Waals surface area contributed by atoms with Crippen molar-refractivity contribution < 1.29 is 0 Å². The molecule has 0 radical (unpaired) electrons. The largest absolute Gasteiger partial charge is 0.310 e. The molecule has 72 heavy (non-hydrogen) atoms. The zero-order valence-electron chi connectivity index (χ0n) is 44.5. The van der Waals surface area contributed by atoms with Crippen LogP contribution in [0.1, 0.15) is 114 Å². The molecule has 10 aromatic carbocycles. The van der Waals surface area contributed by atoms with Crippen molar-refractivity contribution >= 4 is 66.4 Å². The van der Waals surface area contributed by atoms with Crippen LogP contribution < -0.4 is 9.80 Å². The normalized spacial score (nSPS) is 12.1. The van der Waals surface area contributed by atoms with Crippen LogP contribution in [0.5, 0.6) is 0 Å². The molecule has 362 valence electrons. The number of nitrogens with zero attached hydrogens (tertiary/aromatic N) is 2. The topological polar surface area (TPSA) is 6.48 Å². The highest BCUT2D eigenvalue weighted by Gasteiger charge is 2.27.